The number of carbonyl (C=O) groups is 1. The van der Waals surface area contributed by atoms with Crippen molar-refractivity contribution in [2.75, 3.05) is 43.8 Å². The van der Waals surface area contributed by atoms with E-state index >= 15 is 0 Å². The van der Waals surface area contributed by atoms with Gasteiger partial charge in [0.05, 0.1) is 4.90 Å². The minimum atomic E-state index is -3.59. The highest BCUT2D eigenvalue weighted by Crippen LogP contribution is 2.29. The zero-order valence-corrected chi connectivity index (χ0v) is 23.8. The molecule has 0 aromatic heterocycles. The van der Waals surface area contributed by atoms with Crippen LogP contribution in [0.4, 0.5) is 11.4 Å². The first kappa shape index (κ1) is 30.1. The lowest BCUT2D eigenvalue weighted by Gasteiger charge is -2.12. The van der Waals surface area contributed by atoms with E-state index < -0.39 is 10.0 Å². The molecule has 0 fully saturated rings. The number of amides is 1. The first-order valence-electron chi connectivity index (χ1n) is 13.0. The fraction of sp³-hybridized carbons (Fsp3) is 0.345. The fourth-order valence-corrected chi connectivity index (χ4v) is 4.75. The molecule has 1 aliphatic heterocycles. The molecule has 3 aromatic rings. The molecule has 1 amide bonds. The summed E-state index contributed by atoms with van der Waals surface area (Å²) in [6.07, 6.45) is 2.24. The quantitative estimate of drug-likeness (QED) is 0.195. The summed E-state index contributed by atoms with van der Waals surface area (Å²) in [5, 5.41) is 2.85. The van der Waals surface area contributed by atoms with Gasteiger partial charge in [-0.2, -0.15) is 0 Å². The van der Waals surface area contributed by atoms with Gasteiger partial charge in [0.2, 0.25) is 5.91 Å². The van der Waals surface area contributed by atoms with Crippen molar-refractivity contribution in [1.82, 2.24) is 15.8 Å². The van der Waals surface area contributed by atoms with E-state index in [9.17, 15) is 13.2 Å². The number of hydrazine groups is 1. The first-order valence-corrected chi connectivity index (χ1v) is 14.5. The number of fused-ring (bicyclic) bond motifs is 1. The van der Waals surface area contributed by atoms with Gasteiger partial charge in [-0.05, 0) is 69.9 Å². The molecule has 9 nitrogen and oxygen atoms in total. The van der Waals surface area contributed by atoms with Gasteiger partial charge >= 0.3 is 0 Å². The summed E-state index contributed by atoms with van der Waals surface area (Å²) in [5.41, 5.74) is 9.68. The van der Waals surface area contributed by atoms with E-state index in [4.69, 9.17) is 4.74 Å². The normalized spacial score (nSPS) is 14.3. The molecule has 39 heavy (non-hydrogen) atoms. The van der Waals surface area contributed by atoms with Crippen molar-refractivity contribution in [3.8, 4) is 5.75 Å². The lowest BCUT2D eigenvalue weighted by molar-refractivity contribution is -0.117. The van der Waals surface area contributed by atoms with Gasteiger partial charge in [-0.15, -0.1) is 0 Å². The van der Waals surface area contributed by atoms with Crippen molar-refractivity contribution in [3.63, 3.8) is 0 Å². The third-order valence-electron chi connectivity index (χ3n) is 5.94. The van der Waals surface area contributed by atoms with E-state index in [1.807, 2.05) is 62.3 Å². The molecule has 4 N–H and O–H groups in total. The second kappa shape index (κ2) is 14.6. The SMILES string of the molecule is CCCCNNC1C(=O)Nc2ccccc21.Cc1ccc(NS(=O)(=O)c2ccc(OCCN(C)C)cc2)cc1. The van der Waals surface area contributed by atoms with Crippen molar-refractivity contribution in [2.24, 2.45) is 0 Å². The van der Waals surface area contributed by atoms with Gasteiger partial charge in [-0.25, -0.2) is 13.8 Å². The van der Waals surface area contributed by atoms with E-state index in [0.717, 1.165) is 42.7 Å². The second-order valence-electron chi connectivity index (χ2n) is 9.53. The van der Waals surface area contributed by atoms with Gasteiger partial charge < -0.3 is 15.0 Å². The highest BCUT2D eigenvalue weighted by Gasteiger charge is 2.29. The monoisotopic (exact) mass is 553 g/mol. The van der Waals surface area contributed by atoms with Gasteiger partial charge in [0.15, 0.2) is 0 Å². The Labute approximate surface area is 232 Å². The molecule has 0 bridgehead atoms. The highest BCUT2D eigenvalue weighted by atomic mass is 32.2. The van der Waals surface area contributed by atoms with Crippen molar-refractivity contribution >= 4 is 27.3 Å². The molecule has 0 radical (unpaired) electrons. The van der Waals surface area contributed by atoms with E-state index in [1.165, 1.54) is 0 Å². The largest absolute Gasteiger partial charge is 0.492 e. The predicted molar refractivity (Wildman–Crippen MR) is 156 cm³/mol. The number of ether oxygens (including phenoxy) is 1. The lowest BCUT2D eigenvalue weighted by atomic mass is 10.1. The molecule has 210 valence electrons. The zero-order chi connectivity index (χ0) is 28.3. The Balaban J connectivity index is 0.000000230. The summed E-state index contributed by atoms with van der Waals surface area (Å²) in [5.74, 6) is 0.659. The molecule has 3 aromatic carbocycles. The Morgan fingerprint density at radius 1 is 0.974 bits per heavy atom. The molecule has 4 rings (SSSR count). The maximum Gasteiger partial charge on any atom is 0.261 e. The van der Waals surface area contributed by atoms with E-state index in [2.05, 4.69) is 27.8 Å². The van der Waals surface area contributed by atoms with Crippen LogP contribution in [-0.4, -0.2) is 53.0 Å². The van der Waals surface area contributed by atoms with Crippen molar-refractivity contribution in [1.29, 1.82) is 0 Å². The molecule has 10 heteroatoms. The minimum absolute atomic E-state index is 0.00481. The number of hydrogen-bond donors (Lipinski definition) is 4. The van der Waals surface area contributed by atoms with Crippen LogP contribution >= 0.6 is 0 Å². The Bertz CT molecular complexity index is 1300. The summed E-state index contributed by atoms with van der Waals surface area (Å²) in [6.45, 7) is 6.32. The van der Waals surface area contributed by atoms with E-state index in [0.29, 0.717) is 18.0 Å². The Hall–Kier alpha value is -3.44. The molecular formula is C29H39N5O4S. The molecule has 1 aliphatic rings. The molecular weight excluding hydrogens is 514 g/mol. The van der Waals surface area contributed by atoms with Gasteiger partial charge in [-0.1, -0.05) is 49.2 Å². The molecule has 0 spiro atoms. The number of unbranched alkanes of at least 4 members (excludes halogenated alkanes) is 1. The third-order valence-corrected chi connectivity index (χ3v) is 7.34. The third kappa shape index (κ3) is 9.36. The number of sulfonamides is 1. The van der Waals surface area contributed by atoms with Crippen LogP contribution in [0.25, 0.3) is 0 Å². The van der Waals surface area contributed by atoms with Crippen LogP contribution in [0.5, 0.6) is 5.75 Å². The minimum Gasteiger partial charge on any atom is -0.492 e. The number of para-hydroxylation sites is 1. The van der Waals surface area contributed by atoms with Gasteiger partial charge in [0.1, 0.15) is 18.4 Å². The van der Waals surface area contributed by atoms with Gasteiger partial charge in [0, 0.05) is 30.0 Å². The number of carbonyl (C=O) groups excluding carboxylic acids is 1. The summed E-state index contributed by atoms with van der Waals surface area (Å²) < 4.78 is 32.8. The summed E-state index contributed by atoms with van der Waals surface area (Å²) >= 11 is 0. The summed E-state index contributed by atoms with van der Waals surface area (Å²) in [4.78, 5) is 13.9. The standard InChI is InChI=1S/C17H22N2O3S.C12H17N3O/c1-14-4-6-15(7-5-14)18-23(20,21)17-10-8-16(9-11-17)22-13-12-19(2)3;1-2-3-8-13-15-11-9-6-4-5-7-10(9)14-12(11)16/h4-11,18H,12-13H2,1-3H3;4-7,11,13,15H,2-3,8H2,1H3,(H,14,16). The smallest absolute Gasteiger partial charge is 0.261 e. The maximum absolute atomic E-state index is 12.3. The first-order chi connectivity index (χ1) is 18.7. The van der Waals surface area contributed by atoms with Crippen LogP contribution in [0.1, 0.15) is 36.9 Å². The number of nitrogens with one attached hydrogen (secondary N) is 4. The highest BCUT2D eigenvalue weighted by molar-refractivity contribution is 7.92. The molecule has 0 saturated heterocycles. The van der Waals surface area contributed by atoms with Crippen LogP contribution in [0.2, 0.25) is 0 Å². The van der Waals surface area contributed by atoms with Crippen molar-refractivity contribution < 1.29 is 17.9 Å². The van der Waals surface area contributed by atoms with Crippen LogP contribution in [0, 0.1) is 6.92 Å². The number of aryl methyl sites for hydroxylation is 1. The average molecular weight is 554 g/mol. The number of benzene rings is 3. The van der Waals surface area contributed by atoms with Crippen LogP contribution in [-0.2, 0) is 14.8 Å². The number of anilines is 2. The Morgan fingerprint density at radius 3 is 2.33 bits per heavy atom. The second-order valence-corrected chi connectivity index (χ2v) is 11.2. The van der Waals surface area contributed by atoms with Crippen LogP contribution in [0.3, 0.4) is 0 Å². The molecule has 0 aliphatic carbocycles. The molecule has 1 unspecified atom stereocenters. The summed E-state index contributed by atoms with van der Waals surface area (Å²) in [6, 6.07) is 21.1. The summed E-state index contributed by atoms with van der Waals surface area (Å²) in [7, 11) is 0.345. The number of nitrogens with zero attached hydrogens (tertiary/aromatic N) is 1. The van der Waals surface area contributed by atoms with Crippen LogP contribution in [0.15, 0.2) is 77.7 Å². The fourth-order valence-electron chi connectivity index (χ4n) is 3.69. The number of likely N-dealkylation sites (N-methyl/N-ethyl adjacent to an activating group) is 1. The zero-order valence-electron chi connectivity index (χ0n) is 23.0. The number of hydrogen-bond acceptors (Lipinski definition) is 7. The van der Waals surface area contributed by atoms with Crippen molar-refractivity contribution in [2.45, 2.75) is 37.6 Å². The Kier molecular flexibility index (Phi) is 11.3. The maximum atomic E-state index is 12.3. The van der Waals surface area contributed by atoms with Crippen LogP contribution < -0.4 is 25.6 Å². The van der Waals surface area contributed by atoms with E-state index in [-0.39, 0.29) is 16.8 Å². The molecule has 1 heterocycles. The van der Waals surface area contributed by atoms with Crippen molar-refractivity contribution in [3.05, 3.63) is 83.9 Å². The molecule has 1 atom stereocenters. The van der Waals surface area contributed by atoms with Gasteiger partial charge in [-0.3, -0.25) is 14.9 Å². The Morgan fingerprint density at radius 2 is 1.67 bits per heavy atom. The topological polar surface area (TPSA) is 112 Å². The predicted octanol–water partition coefficient (Wildman–Crippen LogP) is 4.31. The lowest BCUT2D eigenvalue weighted by Crippen LogP contribution is -2.39. The van der Waals surface area contributed by atoms with E-state index in [1.54, 1.807) is 36.4 Å². The van der Waals surface area contributed by atoms with Gasteiger partial charge in [0.25, 0.3) is 10.0 Å². The average Bonchev–Trinajstić information content (AvgIpc) is 3.23. The number of rotatable bonds is 12. The molecule has 0 saturated carbocycles.